The minimum Gasteiger partial charge on any atom is -0.493 e. The molecule has 10 heteroatoms. The number of hydrogen-bond acceptors (Lipinski definition) is 7. The fourth-order valence-corrected chi connectivity index (χ4v) is 3.64. The number of nitrogens with zero attached hydrogens (tertiary/aromatic N) is 2. The molecule has 1 aromatic heterocycles. The van der Waals surface area contributed by atoms with Crippen LogP contribution < -0.4 is 14.6 Å². The molecule has 134 valence electrons. The zero-order valence-corrected chi connectivity index (χ0v) is 15.8. The Bertz CT molecular complexity index is 787. The first-order valence-corrected chi connectivity index (χ1v) is 9.64. The summed E-state index contributed by atoms with van der Waals surface area (Å²) in [4.78, 5) is 8.54. The van der Waals surface area contributed by atoms with Gasteiger partial charge in [-0.15, -0.1) is 24.2 Å². The smallest absolute Gasteiger partial charge is 0.209 e. The number of ether oxygens (including phenoxy) is 2. The molecular weight excluding hydrogens is 374 g/mol. The molecule has 0 bridgehead atoms. The van der Waals surface area contributed by atoms with Crippen molar-refractivity contribution in [3.63, 3.8) is 0 Å². The molecule has 1 aromatic carbocycles. The molecule has 0 fully saturated rings. The number of aromatic nitrogens is 2. The van der Waals surface area contributed by atoms with Crippen LogP contribution in [0.2, 0.25) is 0 Å². The highest BCUT2D eigenvalue weighted by Crippen LogP contribution is 2.34. The predicted octanol–water partition coefficient (Wildman–Crippen LogP) is 2.23. The zero-order valence-electron chi connectivity index (χ0n) is 13.4. The van der Waals surface area contributed by atoms with Gasteiger partial charge in [-0.05, 0) is 24.7 Å². The maximum atomic E-state index is 10.9. The van der Waals surface area contributed by atoms with Crippen molar-refractivity contribution in [2.45, 2.75) is 17.9 Å². The molecule has 0 aliphatic rings. The van der Waals surface area contributed by atoms with E-state index in [0.717, 1.165) is 28.1 Å². The average Bonchev–Trinajstić information content (AvgIpc) is 2.52. The summed E-state index contributed by atoms with van der Waals surface area (Å²) in [6.45, 7) is 0. The fourth-order valence-electron chi connectivity index (χ4n) is 2.05. The van der Waals surface area contributed by atoms with E-state index in [1.165, 1.54) is 6.33 Å². The maximum Gasteiger partial charge on any atom is 0.209 e. The number of sulfonamides is 1. The highest BCUT2D eigenvalue weighted by molar-refractivity contribution is 7.99. The SMILES string of the molecule is COc1cc2ncnc(SCCCCS(N)(=O)=O)c2cc1OC.Cl. The monoisotopic (exact) mass is 393 g/mol. The Hall–Kier alpha value is -1.29. The number of nitrogens with two attached hydrogens (primary N) is 1. The largest absolute Gasteiger partial charge is 0.493 e. The Morgan fingerprint density at radius 3 is 2.42 bits per heavy atom. The summed E-state index contributed by atoms with van der Waals surface area (Å²) >= 11 is 1.55. The number of rotatable bonds is 8. The number of benzene rings is 1. The van der Waals surface area contributed by atoms with E-state index in [0.29, 0.717) is 17.9 Å². The van der Waals surface area contributed by atoms with Crippen molar-refractivity contribution >= 4 is 45.1 Å². The molecule has 7 nitrogen and oxygen atoms in total. The fraction of sp³-hybridized carbons (Fsp3) is 0.429. The van der Waals surface area contributed by atoms with Crippen LogP contribution in [-0.4, -0.2) is 44.1 Å². The standard InChI is InChI=1S/C14H19N3O4S2.ClH/c1-20-12-7-10-11(8-13(12)21-2)16-9-17-14(10)22-5-3-4-6-23(15,18)19;/h7-9H,3-6H2,1-2H3,(H2,15,18,19);1H. The molecule has 0 amide bonds. The number of halogens is 1. The van der Waals surface area contributed by atoms with Gasteiger partial charge in [0.15, 0.2) is 11.5 Å². The first-order valence-electron chi connectivity index (χ1n) is 6.94. The van der Waals surface area contributed by atoms with Crippen LogP contribution in [0.25, 0.3) is 10.9 Å². The molecule has 2 rings (SSSR count). The van der Waals surface area contributed by atoms with E-state index in [1.54, 1.807) is 32.0 Å². The first-order chi connectivity index (χ1) is 10.9. The Labute approximate surface area is 151 Å². The molecule has 0 unspecified atom stereocenters. The normalized spacial score (nSPS) is 11.1. The van der Waals surface area contributed by atoms with E-state index in [2.05, 4.69) is 9.97 Å². The lowest BCUT2D eigenvalue weighted by Crippen LogP contribution is -2.16. The number of methoxy groups -OCH3 is 2. The van der Waals surface area contributed by atoms with Crippen LogP contribution in [0.15, 0.2) is 23.5 Å². The maximum absolute atomic E-state index is 10.9. The molecule has 0 radical (unpaired) electrons. The van der Waals surface area contributed by atoms with Crippen molar-refractivity contribution in [1.82, 2.24) is 9.97 Å². The average molecular weight is 394 g/mol. The second kappa shape index (κ2) is 9.26. The summed E-state index contributed by atoms with van der Waals surface area (Å²) in [6, 6.07) is 3.65. The highest BCUT2D eigenvalue weighted by Gasteiger charge is 2.11. The summed E-state index contributed by atoms with van der Waals surface area (Å²) in [7, 11) is -0.234. The Morgan fingerprint density at radius 2 is 1.79 bits per heavy atom. The second-order valence-corrected chi connectivity index (χ2v) is 7.64. The van der Waals surface area contributed by atoms with Crippen LogP contribution in [0.3, 0.4) is 0 Å². The van der Waals surface area contributed by atoms with Gasteiger partial charge < -0.3 is 9.47 Å². The van der Waals surface area contributed by atoms with E-state index in [9.17, 15) is 8.42 Å². The molecule has 0 aliphatic carbocycles. The van der Waals surface area contributed by atoms with Crippen LogP contribution >= 0.6 is 24.2 Å². The Kier molecular flexibility index (Phi) is 8.01. The van der Waals surface area contributed by atoms with E-state index in [4.69, 9.17) is 14.6 Å². The van der Waals surface area contributed by atoms with Crippen molar-refractivity contribution < 1.29 is 17.9 Å². The van der Waals surface area contributed by atoms with Gasteiger partial charge in [-0.1, -0.05) is 0 Å². The van der Waals surface area contributed by atoms with Gasteiger partial charge in [-0.2, -0.15) is 0 Å². The van der Waals surface area contributed by atoms with E-state index in [1.807, 2.05) is 6.07 Å². The Morgan fingerprint density at radius 1 is 1.12 bits per heavy atom. The van der Waals surface area contributed by atoms with Crippen LogP contribution in [0.5, 0.6) is 11.5 Å². The van der Waals surface area contributed by atoms with Gasteiger partial charge in [-0.25, -0.2) is 23.5 Å². The summed E-state index contributed by atoms with van der Waals surface area (Å²) in [5.41, 5.74) is 0.768. The lowest BCUT2D eigenvalue weighted by molar-refractivity contribution is 0.355. The third-order valence-corrected chi connectivity index (χ3v) is 5.12. The van der Waals surface area contributed by atoms with Crippen molar-refractivity contribution in [1.29, 1.82) is 0 Å². The van der Waals surface area contributed by atoms with Crippen molar-refractivity contribution in [3.05, 3.63) is 18.5 Å². The predicted molar refractivity (Wildman–Crippen MR) is 97.8 cm³/mol. The van der Waals surface area contributed by atoms with Crippen LogP contribution in [0.1, 0.15) is 12.8 Å². The topological polar surface area (TPSA) is 104 Å². The van der Waals surface area contributed by atoms with Gasteiger partial charge in [0.1, 0.15) is 11.4 Å². The summed E-state index contributed by atoms with van der Waals surface area (Å²) in [6.07, 6.45) is 2.77. The lowest BCUT2D eigenvalue weighted by atomic mass is 10.2. The number of primary sulfonamides is 1. The van der Waals surface area contributed by atoms with E-state index in [-0.39, 0.29) is 18.2 Å². The molecule has 2 N–H and O–H groups in total. The quantitative estimate of drug-likeness (QED) is 0.416. The van der Waals surface area contributed by atoms with Gasteiger partial charge in [0, 0.05) is 11.5 Å². The molecule has 0 saturated heterocycles. The van der Waals surface area contributed by atoms with Gasteiger partial charge in [0.25, 0.3) is 0 Å². The Balaban J connectivity index is 0.00000288. The molecule has 24 heavy (non-hydrogen) atoms. The summed E-state index contributed by atoms with van der Waals surface area (Å²) in [5, 5.41) is 6.68. The van der Waals surface area contributed by atoms with Crippen LogP contribution in [-0.2, 0) is 10.0 Å². The van der Waals surface area contributed by atoms with Crippen molar-refractivity contribution in [2.24, 2.45) is 5.14 Å². The molecular formula is C14H20ClN3O4S2. The second-order valence-electron chi connectivity index (χ2n) is 4.83. The minimum atomic E-state index is -3.39. The lowest BCUT2D eigenvalue weighted by Gasteiger charge is -2.10. The minimum absolute atomic E-state index is 0. The van der Waals surface area contributed by atoms with Crippen LogP contribution in [0.4, 0.5) is 0 Å². The first kappa shape index (κ1) is 20.8. The molecule has 0 atom stereocenters. The molecule has 2 aromatic rings. The molecule has 0 spiro atoms. The van der Waals surface area contributed by atoms with Gasteiger partial charge >= 0.3 is 0 Å². The van der Waals surface area contributed by atoms with E-state index < -0.39 is 10.0 Å². The molecule has 0 saturated carbocycles. The highest BCUT2D eigenvalue weighted by atomic mass is 35.5. The van der Waals surface area contributed by atoms with Crippen LogP contribution in [0, 0.1) is 0 Å². The number of unbranched alkanes of at least 4 members (excludes halogenated alkanes) is 1. The third kappa shape index (κ3) is 5.66. The van der Waals surface area contributed by atoms with E-state index >= 15 is 0 Å². The number of thioether (sulfide) groups is 1. The molecule has 1 heterocycles. The van der Waals surface area contributed by atoms with Gasteiger partial charge in [0.2, 0.25) is 10.0 Å². The number of hydrogen-bond donors (Lipinski definition) is 1. The molecule has 0 aliphatic heterocycles. The summed E-state index contributed by atoms with van der Waals surface area (Å²) in [5.74, 6) is 1.98. The zero-order chi connectivity index (χ0) is 16.9. The summed E-state index contributed by atoms with van der Waals surface area (Å²) < 4.78 is 32.4. The van der Waals surface area contributed by atoms with Gasteiger partial charge in [-0.3, -0.25) is 0 Å². The van der Waals surface area contributed by atoms with Crippen molar-refractivity contribution in [2.75, 3.05) is 25.7 Å². The third-order valence-electron chi connectivity index (χ3n) is 3.17. The number of fused-ring (bicyclic) bond motifs is 1. The van der Waals surface area contributed by atoms with Crippen molar-refractivity contribution in [3.8, 4) is 11.5 Å². The van der Waals surface area contributed by atoms with Gasteiger partial charge in [0.05, 0.1) is 25.5 Å².